The van der Waals surface area contributed by atoms with Crippen LogP contribution in [-0.4, -0.2) is 59.1 Å². The van der Waals surface area contributed by atoms with Crippen molar-refractivity contribution in [2.75, 3.05) is 44.7 Å². The topological polar surface area (TPSA) is 103 Å². The Labute approximate surface area is 192 Å². The highest BCUT2D eigenvalue weighted by Crippen LogP contribution is 2.32. The van der Waals surface area contributed by atoms with Crippen molar-refractivity contribution in [3.8, 4) is 11.8 Å². The Morgan fingerprint density at radius 2 is 1.91 bits per heavy atom. The molecular formula is C23H25FN4O4S. The predicted molar refractivity (Wildman–Crippen MR) is 120 cm³/mol. The minimum atomic E-state index is -3.73. The highest BCUT2D eigenvalue weighted by molar-refractivity contribution is 7.89. The van der Waals surface area contributed by atoms with Crippen molar-refractivity contribution in [2.24, 2.45) is 5.92 Å². The second kappa shape index (κ2) is 9.37. The van der Waals surface area contributed by atoms with Gasteiger partial charge in [0.15, 0.2) is 0 Å². The third-order valence-corrected chi connectivity index (χ3v) is 7.33. The van der Waals surface area contributed by atoms with E-state index < -0.39 is 15.8 Å². The molecule has 0 radical (unpaired) electrons. The fourth-order valence-electron chi connectivity index (χ4n) is 3.73. The molecule has 1 N–H and O–H groups in total. The number of nitrogens with zero attached hydrogens (tertiary/aromatic N) is 3. The van der Waals surface area contributed by atoms with E-state index in [0.717, 1.165) is 12.8 Å². The van der Waals surface area contributed by atoms with E-state index in [-0.39, 0.29) is 21.9 Å². The number of nitrogens with one attached hydrogen (secondary N) is 1. The van der Waals surface area contributed by atoms with Crippen LogP contribution < -0.4 is 14.4 Å². The first-order valence-electron chi connectivity index (χ1n) is 10.8. The maximum atomic E-state index is 14.4. The molecule has 1 amide bonds. The third-order valence-electron chi connectivity index (χ3n) is 5.92. The summed E-state index contributed by atoms with van der Waals surface area (Å²) in [5.41, 5.74) is 0.835. The van der Waals surface area contributed by atoms with Crippen LogP contribution in [-0.2, 0) is 10.0 Å². The molecule has 174 valence electrons. The average Bonchev–Trinajstić information content (AvgIpc) is 3.67. The second-order valence-electron chi connectivity index (χ2n) is 8.18. The van der Waals surface area contributed by atoms with Crippen LogP contribution in [0, 0.1) is 23.1 Å². The summed E-state index contributed by atoms with van der Waals surface area (Å²) in [5, 5.41) is 8.92. The molecule has 1 aliphatic carbocycles. The number of hydrogen-bond donors (Lipinski definition) is 1. The number of sulfonamides is 1. The van der Waals surface area contributed by atoms with Crippen LogP contribution in [0.3, 0.4) is 0 Å². The number of ether oxygens (including phenoxy) is 1. The number of hydrogen-bond acceptors (Lipinski definition) is 6. The van der Waals surface area contributed by atoms with Crippen LogP contribution in [0.15, 0.2) is 41.3 Å². The Balaban J connectivity index is 1.52. The van der Waals surface area contributed by atoms with Crippen molar-refractivity contribution in [1.29, 1.82) is 5.26 Å². The van der Waals surface area contributed by atoms with E-state index in [1.54, 1.807) is 17.0 Å². The first-order valence-corrected chi connectivity index (χ1v) is 12.2. The molecule has 2 aromatic carbocycles. The highest BCUT2D eigenvalue weighted by atomic mass is 32.2. The molecule has 4 rings (SSSR count). The standard InChI is InChI=1S/C23H25FN4O4S/c1-26-33(30,31)18-5-7-22(32-15-16-2-3-16)19(13-18)23(29)28-10-8-27(9-11-28)21-6-4-17(14-25)12-20(21)24/h4-7,12-13,16,26H,2-3,8-11,15H2,1H3. The average molecular weight is 473 g/mol. The summed E-state index contributed by atoms with van der Waals surface area (Å²) < 4.78 is 47.1. The smallest absolute Gasteiger partial charge is 0.257 e. The van der Waals surface area contributed by atoms with Crippen molar-refractivity contribution in [3.05, 3.63) is 53.3 Å². The van der Waals surface area contributed by atoms with E-state index in [1.807, 2.05) is 11.0 Å². The summed E-state index contributed by atoms with van der Waals surface area (Å²) in [6.45, 7) is 1.97. The van der Waals surface area contributed by atoms with Gasteiger partial charge in [0, 0.05) is 26.2 Å². The molecule has 8 nitrogen and oxygen atoms in total. The van der Waals surface area contributed by atoms with Crippen LogP contribution in [0.1, 0.15) is 28.8 Å². The number of carbonyl (C=O) groups excluding carboxylic acids is 1. The number of amides is 1. The molecule has 1 saturated heterocycles. The zero-order valence-electron chi connectivity index (χ0n) is 18.3. The van der Waals surface area contributed by atoms with Gasteiger partial charge < -0.3 is 14.5 Å². The van der Waals surface area contributed by atoms with Gasteiger partial charge in [0.05, 0.1) is 34.4 Å². The first-order chi connectivity index (χ1) is 15.8. The lowest BCUT2D eigenvalue weighted by Gasteiger charge is -2.36. The molecule has 0 unspecified atom stereocenters. The molecule has 2 aromatic rings. The summed E-state index contributed by atoms with van der Waals surface area (Å²) in [4.78, 5) is 16.8. The van der Waals surface area contributed by atoms with Crippen LogP contribution >= 0.6 is 0 Å². The monoisotopic (exact) mass is 472 g/mol. The summed E-state index contributed by atoms with van der Waals surface area (Å²) in [6, 6.07) is 10.6. The van der Waals surface area contributed by atoms with Crippen molar-refractivity contribution < 1.29 is 22.3 Å². The maximum absolute atomic E-state index is 14.4. The van der Waals surface area contributed by atoms with Crippen LogP contribution in [0.2, 0.25) is 0 Å². The quantitative estimate of drug-likeness (QED) is 0.664. The van der Waals surface area contributed by atoms with E-state index >= 15 is 0 Å². The molecule has 10 heteroatoms. The fourth-order valence-corrected chi connectivity index (χ4v) is 4.49. The fraction of sp³-hybridized carbons (Fsp3) is 0.391. The van der Waals surface area contributed by atoms with E-state index in [2.05, 4.69) is 4.72 Å². The minimum absolute atomic E-state index is 0.00888. The second-order valence-corrected chi connectivity index (χ2v) is 10.1. The zero-order chi connectivity index (χ0) is 23.6. The largest absolute Gasteiger partial charge is 0.492 e. The van der Waals surface area contributed by atoms with Gasteiger partial charge in [0.25, 0.3) is 5.91 Å². The van der Waals surface area contributed by atoms with Gasteiger partial charge in [0.2, 0.25) is 10.0 Å². The summed E-state index contributed by atoms with van der Waals surface area (Å²) >= 11 is 0. The van der Waals surface area contributed by atoms with Crippen molar-refractivity contribution >= 4 is 21.6 Å². The lowest BCUT2D eigenvalue weighted by atomic mass is 10.1. The molecule has 1 heterocycles. The van der Waals surface area contributed by atoms with Gasteiger partial charge in [0.1, 0.15) is 11.6 Å². The van der Waals surface area contributed by atoms with E-state index in [1.165, 1.54) is 31.3 Å². The van der Waals surface area contributed by atoms with Crippen LogP contribution in [0.4, 0.5) is 10.1 Å². The Hall–Kier alpha value is -3.16. The number of nitriles is 1. The van der Waals surface area contributed by atoms with Gasteiger partial charge >= 0.3 is 0 Å². The molecular weight excluding hydrogens is 447 g/mol. The number of piperazine rings is 1. The minimum Gasteiger partial charge on any atom is -0.492 e. The van der Waals surface area contributed by atoms with Gasteiger partial charge in [-0.25, -0.2) is 17.5 Å². The highest BCUT2D eigenvalue weighted by Gasteiger charge is 2.28. The van der Waals surface area contributed by atoms with Gasteiger partial charge in [-0.15, -0.1) is 0 Å². The molecule has 0 bridgehead atoms. The first kappa shape index (κ1) is 23.0. The third kappa shape index (κ3) is 5.10. The predicted octanol–water partition coefficient (Wildman–Crippen LogP) is 2.36. The summed E-state index contributed by atoms with van der Waals surface area (Å²) in [5.74, 6) is 0.0329. The van der Waals surface area contributed by atoms with Crippen molar-refractivity contribution in [3.63, 3.8) is 0 Å². The lowest BCUT2D eigenvalue weighted by Crippen LogP contribution is -2.49. The molecule has 0 atom stereocenters. The summed E-state index contributed by atoms with van der Waals surface area (Å²) in [7, 11) is -2.41. The molecule has 0 spiro atoms. The zero-order valence-corrected chi connectivity index (χ0v) is 19.1. The number of rotatable bonds is 7. The summed E-state index contributed by atoms with van der Waals surface area (Å²) in [6.07, 6.45) is 2.17. The Kier molecular flexibility index (Phi) is 6.54. The van der Waals surface area contributed by atoms with Gasteiger partial charge in [-0.3, -0.25) is 4.79 Å². The Bertz CT molecular complexity index is 1200. The van der Waals surface area contributed by atoms with Gasteiger partial charge in [-0.1, -0.05) is 0 Å². The maximum Gasteiger partial charge on any atom is 0.257 e. The Morgan fingerprint density at radius 1 is 1.18 bits per heavy atom. The molecule has 0 aromatic heterocycles. The van der Waals surface area contributed by atoms with Crippen molar-refractivity contribution in [2.45, 2.75) is 17.7 Å². The lowest BCUT2D eigenvalue weighted by molar-refractivity contribution is 0.0741. The number of halogens is 1. The van der Waals surface area contributed by atoms with E-state index in [9.17, 15) is 17.6 Å². The molecule has 33 heavy (non-hydrogen) atoms. The van der Waals surface area contributed by atoms with Gasteiger partial charge in [-0.05, 0) is 62.2 Å². The van der Waals surface area contributed by atoms with Crippen LogP contribution in [0.25, 0.3) is 0 Å². The van der Waals surface area contributed by atoms with Crippen LogP contribution in [0.5, 0.6) is 5.75 Å². The van der Waals surface area contributed by atoms with E-state index in [0.29, 0.717) is 50.1 Å². The number of benzene rings is 2. The normalized spacial score (nSPS) is 16.4. The van der Waals surface area contributed by atoms with E-state index in [4.69, 9.17) is 10.00 Å². The molecule has 2 fully saturated rings. The number of carbonyl (C=O) groups is 1. The van der Waals surface area contributed by atoms with Gasteiger partial charge in [-0.2, -0.15) is 5.26 Å². The molecule has 1 saturated carbocycles. The Morgan fingerprint density at radius 3 is 2.52 bits per heavy atom. The molecule has 1 aliphatic heterocycles. The number of anilines is 1. The molecule has 2 aliphatic rings. The SMILES string of the molecule is CNS(=O)(=O)c1ccc(OCC2CC2)c(C(=O)N2CCN(c3ccc(C#N)cc3F)CC2)c1. The van der Waals surface area contributed by atoms with Crippen molar-refractivity contribution in [1.82, 2.24) is 9.62 Å².